The Morgan fingerprint density at radius 1 is 0.906 bits per heavy atom. The molecule has 3 nitrogen and oxygen atoms in total. The molecule has 2 aromatic rings. The first-order valence-corrected chi connectivity index (χ1v) is 8.01. The van der Waals surface area contributed by atoms with Crippen molar-refractivity contribution in [3.63, 3.8) is 0 Å². The molecule has 32 heavy (non-hydrogen) atoms. The maximum atomic E-state index is 14.2. The van der Waals surface area contributed by atoms with Crippen LogP contribution in [-0.4, -0.2) is 26.1 Å². The molecule has 0 fully saturated rings. The van der Waals surface area contributed by atoms with Gasteiger partial charge in [0, 0.05) is 11.3 Å². The normalized spacial score (nSPS) is 13.2. The Bertz CT molecular complexity index is 1030. The van der Waals surface area contributed by atoms with Gasteiger partial charge in [0.25, 0.3) is 5.91 Å². The average Bonchev–Trinajstić information content (AvgIpc) is 2.61. The first-order chi connectivity index (χ1) is 14.3. The van der Waals surface area contributed by atoms with Crippen LogP contribution in [0.3, 0.4) is 0 Å². The summed E-state index contributed by atoms with van der Waals surface area (Å²) >= 11 is 0. The van der Waals surface area contributed by atoms with Crippen molar-refractivity contribution in [3.05, 3.63) is 52.8 Å². The second kappa shape index (κ2) is 7.85. The van der Waals surface area contributed by atoms with Crippen LogP contribution < -0.4 is 16.5 Å². The Labute approximate surface area is 172 Å². The molecular formula is C17H8BF11N2O. The van der Waals surface area contributed by atoms with Crippen LogP contribution in [-0.2, 0) is 11.8 Å². The standard InChI is InChI=1S/C17H8BF11N2O/c18-9-5-6(14(20,16(24,25)26)17(27,28)29)4-8(15(21,22)23)12(9)31-13(32)7-2-1-3-10(30)11(7)19/h1-5H,30H2,(H,31,32). The number of rotatable bonds is 3. The number of hydrogen-bond donors (Lipinski definition) is 2. The molecule has 0 bridgehead atoms. The quantitative estimate of drug-likeness (QED) is 0.382. The lowest BCUT2D eigenvalue weighted by Gasteiger charge is -2.31. The Kier molecular flexibility index (Phi) is 6.20. The molecule has 15 heteroatoms. The van der Waals surface area contributed by atoms with E-state index in [9.17, 15) is 53.1 Å². The van der Waals surface area contributed by atoms with Crippen molar-refractivity contribution in [1.29, 1.82) is 0 Å². The minimum absolute atomic E-state index is 0.360. The molecule has 2 aromatic carbocycles. The largest absolute Gasteiger partial charge is 0.435 e. The SMILES string of the molecule is [B]c1cc(C(F)(C(F)(F)F)C(F)(F)F)cc(C(F)(F)F)c1NC(=O)c1cccc(N)c1F. The minimum Gasteiger partial charge on any atom is -0.396 e. The second-order valence-electron chi connectivity index (χ2n) is 6.30. The topological polar surface area (TPSA) is 55.1 Å². The zero-order valence-electron chi connectivity index (χ0n) is 15.1. The van der Waals surface area contributed by atoms with Crippen LogP contribution in [0.1, 0.15) is 21.5 Å². The van der Waals surface area contributed by atoms with E-state index in [1.165, 1.54) is 5.32 Å². The van der Waals surface area contributed by atoms with Crippen LogP contribution in [0, 0.1) is 5.82 Å². The van der Waals surface area contributed by atoms with Crippen LogP contribution in [0.4, 0.5) is 59.7 Å². The van der Waals surface area contributed by atoms with Gasteiger partial charge in [0.2, 0.25) is 0 Å². The van der Waals surface area contributed by atoms with Gasteiger partial charge in [0.15, 0.2) is 5.82 Å². The number of halogens is 11. The minimum atomic E-state index is -6.71. The van der Waals surface area contributed by atoms with Crippen LogP contribution in [0.15, 0.2) is 30.3 Å². The zero-order chi connectivity index (χ0) is 24.9. The van der Waals surface area contributed by atoms with Gasteiger partial charge >= 0.3 is 24.2 Å². The van der Waals surface area contributed by atoms with E-state index in [4.69, 9.17) is 13.6 Å². The van der Waals surface area contributed by atoms with Crippen molar-refractivity contribution < 1.29 is 53.1 Å². The molecule has 0 saturated carbocycles. The molecule has 172 valence electrons. The van der Waals surface area contributed by atoms with Crippen LogP contribution in [0.2, 0.25) is 0 Å². The van der Waals surface area contributed by atoms with Gasteiger partial charge in [-0.1, -0.05) is 17.6 Å². The van der Waals surface area contributed by atoms with Crippen LogP contribution in [0.5, 0.6) is 0 Å². The van der Waals surface area contributed by atoms with E-state index < -0.39 is 75.5 Å². The van der Waals surface area contributed by atoms with Gasteiger partial charge in [-0.3, -0.25) is 4.79 Å². The maximum Gasteiger partial charge on any atom is 0.435 e. The second-order valence-corrected chi connectivity index (χ2v) is 6.30. The predicted octanol–water partition coefficient (Wildman–Crippen LogP) is 4.76. The molecule has 0 aliphatic heterocycles. The lowest BCUT2D eigenvalue weighted by Crippen LogP contribution is -2.51. The van der Waals surface area contributed by atoms with E-state index in [-0.39, 0.29) is 6.07 Å². The van der Waals surface area contributed by atoms with E-state index >= 15 is 0 Å². The first kappa shape index (κ1) is 25.3. The summed E-state index contributed by atoms with van der Waals surface area (Å²) in [6, 6.07) is 1.66. The summed E-state index contributed by atoms with van der Waals surface area (Å²) in [4.78, 5) is 12.2. The van der Waals surface area contributed by atoms with Crippen molar-refractivity contribution in [3.8, 4) is 0 Å². The van der Waals surface area contributed by atoms with Gasteiger partial charge in [-0.15, -0.1) is 0 Å². The number of anilines is 2. The molecule has 2 rings (SSSR count). The molecule has 0 saturated heterocycles. The van der Waals surface area contributed by atoms with Gasteiger partial charge in [-0.05, 0) is 18.2 Å². The number of carbonyl (C=O) groups is 1. The number of nitrogens with one attached hydrogen (secondary N) is 1. The summed E-state index contributed by atoms with van der Waals surface area (Å²) in [5, 5.41) is 1.46. The summed E-state index contributed by atoms with van der Waals surface area (Å²) in [6.45, 7) is 0. The number of nitrogen functional groups attached to an aromatic ring is 1. The number of nitrogens with two attached hydrogens (primary N) is 1. The zero-order valence-corrected chi connectivity index (χ0v) is 15.1. The Morgan fingerprint density at radius 2 is 1.44 bits per heavy atom. The highest BCUT2D eigenvalue weighted by molar-refractivity contribution is 6.37. The fraction of sp³-hybridized carbons (Fsp3) is 0.235. The van der Waals surface area contributed by atoms with Crippen molar-refractivity contribution in [2.75, 3.05) is 11.1 Å². The Morgan fingerprint density at radius 3 is 1.91 bits per heavy atom. The fourth-order valence-corrected chi connectivity index (χ4v) is 2.62. The smallest absolute Gasteiger partial charge is 0.396 e. The molecule has 0 spiro atoms. The highest BCUT2D eigenvalue weighted by Gasteiger charge is 2.73. The van der Waals surface area contributed by atoms with Crippen molar-refractivity contribution in [1.82, 2.24) is 0 Å². The van der Waals surface area contributed by atoms with E-state index in [0.717, 1.165) is 18.2 Å². The van der Waals surface area contributed by atoms with Gasteiger partial charge in [-0.2, -0.15) is 39.5 Å². The number of alkyl halides is 10. The third-order valence-corrected chi connectivity index (χ3v) is 4.17. The number of benzene rings is 2. The molecule has 2 radical (unpaired) electrons. The van der Waals surface area contributed by atoms with Crippen LogP contribution in [0.25, 0.3) is 0 Å². The van der Waals surface area contributed by atoms with E-state index in [0.29, 0.717) is 0 Å². The summed E-state index contributed by atoms with van der Waals surface area (Å²) in [5.74, 6) is -2.98. The molecule has 3 N–H and O–H groups in total. The van der Waals surface area contributed by atoms with E-state index in [1.807, 2.05) is 0 Å². The van der Waals surface area contributed by atoms with E-state index in [1.54, 1.807) is 0 Å². The summed E-state index contributed by atoms with van der Waals surface area (Å²) in [7, 11) is 5.16. The highest BCUT2D eigenvalue weighted by Crippen LogP contribution is 2.54. The average molecular weight is 476 g/mol. The Hall–Kier alpha value is -3.00. The third-order valence-electron chi connectivity index (χ3n) is 4.17. The lowest BCUT2D eigenvalue weighted by atomic mass is 9.83. The van der Waals surface area contributed by atoms with Crippen molar-refractivity contribution in [2.45, 2.75) is 24.2 Å². The molecule has 0 atom stereocenters. The molecule has 0 unspecified atom stereocenters. The van der Waals surface area contributed by atoms with Gasteiger partial charge in [-0.25, -0.2) is 8.78 Å². The van der Waals surface area contributed by atoms with Crippen molar-refractivity contribution in [2.24, 2.45) is 0 Å². The summed E-state index contributed by atoms with van der Waals surface area (Å²) < 4.78 is 146. The molecular weight excluding hydrogens is 468 g/mol. The monoisotopic (exact) mass is 476 g/mol. The number of amides is 1. The van der Waals surface area contributed by atoms with Gasteiger partial charge in [0.1, 0.15) is 7.85 Å². The van der Waals surface area contributed by atoms with Crippen molar-refractivity contribution >= 4 is 30.6 Å². The fourth-order valence-electron chi connectivity index (χ4n) is 2.62. The van der Waals surface area contributed by atoms with Crippen LogP contribution >= 0.6 is 0 Å². The molecule has 0 aliphatic rings. The maximum absolute atomic E-state index is 14.2. The predicted molar refractivity (Wildman–Crippen MR) is 90.5 cm³/mol. The summed E-state index contributed by atoms with van der Waals surface area (Å²) in [5.41, 5.74) is -10.4. The summed E-state index contributed by atoms with van der Waals surface area (Å²) in [6.07, 6.45) is -19.1. The first-order valence-electron chi connectivity index (χ1n) is 8.01. The molecule has 1 amide bonds. The number of hydrogen-bond acceptors (Lipinski definition) is 2. The van der Waals surface area contributed by atoms with Gasteiger partial charge < -0.3 is 11.1 Å². The van der Waals surface area contributed by atoms with Gasteiger partial charge in [0.05, 0.1) is 16.8 Å². The highest BCUT2D eigenvalue weighted by atomic mass is 19.4. The molecule has 0 heterocycles. The third kappa shape index (κ3) is 4.32. The molecule has 0 aromatic heterocycles. The Balaban J connectivity index is 2.72. The lowest BCUT2D eigenvalue weighted by molar-refractivity contribution is -0.348. The molecule has 0 aliphatic carbocycles. The van der Waals surface area contributed by atoms with E-state index in [2.05, 4.69) is 0 Å². The number of carbonyl (C=O) groups excluding carboxylic acids is 1.